The van der Waals surface area contributed by atoms with E-state index in [9.17, 15) is 4.79 Å². The highest BCUT2D eigenvalue weighted by atomic mass is 35.5. The smallest absolute Gasteiger partial charge is 0.178 e. The monoisotopic (exact) mass is 281 g/mol. The zero-order chi connectivity index (χ0) is 13.9. The summed E-state index contributed by atoms with van der Waals surface area (Å²) in [6.07, 6.45) is 1.44. The van der Waals surface area contributed by atoms with Gasteiger partial charge in [-0.2, -0.15) is 5.26 Å². The summed E-state index contributed by atoms with van der Waals surface area (Å²) in [6.45, 7) is 5.28. The second-order valence-corrected chi connectivity index (χ2v) is 5.70. The maximum Gasteiger partial charge on any atom is 0.178 e. The molecule has 0 N–H and O–H groups in total. The minimum atomic E-state index is -0.616. The quantitative estimate of drug-likeness (QED) is 0.591. The van der Waals surface area contributed by atoms with Crippen molar-refractivity contribution < 1.29 is 4.79 Å². The van der Waals surface area contributed by atoms with Crippen LogP contribution >= 0.6 is 23.2 Å². The van der Waals surface area contributed by atoms with Crippen LogP contribution in [0.25, 0.3) is 6.08 Å². The fourth-order valence-corrected chi connectivity index (χ4v) is 1.85. The summed E-state index contributed by atoms with van der Waals surface area (Å²) in [7, 11) is 0. The molecule has 0 aromatic heterocycles. The molecule has 1 rings (SSSR count). The molecule has 0 aliphatic rings. The number of carbonyl (C=O) groups is 1. The third-order valence-corrected chi connectivity index (χ3v) is 2.99. The first-order valence-electron chi connectivity index (χ1n) is 5.38. The van der Waals surface area contributed by atoms with E-state index in [0.29, 0.717) is 15.6 Å². The van der Waals surface area contributed by atoms with Gasteiger partial charge in [0.25, 0.3) is 0 Å². The Kier molecular flexibility index (Phi) is 4.56. The molecule has 0 radical (unpaired) electrons. The average molecular weight is 282 g/mol. The van der Waals surface area contributed by atoms with Crippen LogP contribution in [0, 0.1) is 16.7 Å². The molecule has 18 heavy (non-hydrogen) atoms. The summed E-state index contributed by atoms with van der Waals surface area (Å²) >= 11 is 12.0. The summed E-state index contributed by atoms with van der Waals surface area (Å²) < 4.78 is 0. The predicted molar refractivity (Wildman–Crippen MR) is 74.5 cm³/mol. The molecule has 0 saturated heterocycles. The number of rotatable bonds is 2. The van der Waals surface area contributed by atoms with Crippen LogP contribution in [0.4, 0.5) is 0 Å². The van der Waals surface area contributed by atoms with Gasteiger partial charge in [0.1, 0.15) is 6.07 Å². The summed E-state index contributed by atoms with van der Waals surface area (Å²) in [5.74, 6) is -0.235. The lowest BCUT2D eigenvalue weighted by Gasteiger charge is -2.15. The second kappa shape index (κ2) is 5.56. The first-order valence-corrected chi connectivity index (χ1v) is 6.13. The molecular weight excluding hydrogens is 269 g/mol. The van der Waals surface area contributed by atoms with E-state index < -0.39 is 5.41 Å². The standard InChI is InChI=1S/C14H13Cl2NO/c1-14(2,3)13(18)9(8-17)7-10-11(15)5-4-6-12(10)16/h4-7H,1-3H3/b9-7-. The summed E-state index contributed by atoms with van der Waals surface area (Å²) in [6, 6.07) is 6.94. The van der Waals surface area contributed by atoms with E-state index in [1.165, 1.54) is 6.08 Å². The van der Waals surface area contributed by atoms with Crippen molar-refractivity contribution >= 4 is 35.1 Å². The number of hydrogen-bond donors (Lipinski definition) is 0. The van der Waals surface area contributed by atoms with Gasteiger partial charge in [-0.25, -0.2) is 0 Å². The van der Waals surface area contributed by atoms with E-state index in [2.05, 4.69) is 0 Å². The molecular formula is C14H13Cl2NO. The SMILES string of the molecule is CC(C)(C)C(=O)/C(C#N)=C\c1c(Cl)cccc1Cl. The molecule has 0 spiro atoms. The molecule has 0 atom stereocenters. The van der Waals surface area contributed by atoms with Crippen LogP contribution < -0.4 is 0 Å². The molecule has 0 fully saturated rings. The largest absolute Gasteiger partial charge is 0.293 e. The average Bonchev–Trinajstić information content (AvgIpc) is 2.27. The Morgan fingerprint density at radius 2 is 1.78 bits per heavy atom. The normalized spacial score (nSPS) is 12.1. The Morgan fingerprint density at radius 3 is 2.17 bits per heavy atom. The molecule has 0 unspecified atom stereocenters. The first-order chi connectivity index (χ1) is 8.27. The zero-order valence-electron chi connectivity index (χ0n) is 10.4. The highest BCUT2D eigenvalue weighted by molar-refractivity contribution is 6.37. The molecule has 94 valence electrons. The number of nitriles is 1. The van der Waals surface area contributed by atoms with Crippen LogP contribution in [0.15, 0.2) is 23.8 Å². The van der Waals surface area contributed by atoms with Crippen LogP contribution in [0.1, 0.15) is 26.3 Å². The number of hydrogen-bond acceptors (Lipinski definition) is 2. The van der Waals surface area contributed by atoms with Crippen LogP contribution in [0.3, 0.4) is 0 Å². The van der Waals surface area contributed by atoms with Crippen LogP contribution in [0.5, 0.6) is 0 Å². The Labute approximate surface area is 117 Å². The van der Waals surface area contributed by atoms with Crippen molar-refractivity contribution in [3.05, 3.63) is 39.4 Å². The molecule has 0 heterocycles. The Balaban J connectivity index is 3.31. The number of carbonyl (C=O) groups excluding carboxylic acids is 1. The molecule has 2 nitrogen and oxygen atoms in total. The van der Waals surface area contributed by atoms with Crippen LogP contribution in [-0.2, 0) is 4.79 Å². The summed E-state index contributed by atoms with van der Waals surface area (Å²) in [5.41, 5.74) is -0.0672. The van der Waals surface area contributed by atoms with Crippen molar-refractivity contribution in [1.29, 1.82) is 5.26 Å². The maximum absolute atomic E-state index is 12.0. The third-order valence-electron chi connectivity index (χ3n) is 2.33. The molecule has 0 saturated carbocycles. The Bertz CT molecular complexity index is 528. The number of benzene rings is 1. The predicted octanol–water partition coefficient (Wildman–Crippen LogP) is 4.52. The highest BCUT2D eigenvalue weighted by Crippen LogP contribution is 2.28. The Hall–Kier alpha value is -1.30. The number of nitrogens with zero attached hydrogens (tertiary/aromatic N) is 1. The van der Waals surface area contributed by atoms with E-state index in [1.54, 1.807) is 39.0 Å². The number of Topliss-reactive ketones (excluding diaryl/α,β-unsaturated/α-hetero) is 1. The highest BCUT2D eigenvalue weighted by Gasteiger charge is 2.25. The van der Waals surface area contributed by atoms with Gasteiger partial charge in [-0.3, -0.25) is 4.79 Å². The topological polar surface area (TPSA) is 40.9 Å². The molecule has 0 aliphatic carbocycles. The molecule has 1 aromatic carbocycles. The van der Waals surface area contributed by atoms with Gasteiger partial charge in [0.15, 0.2) is 5.78 Å². The van der Waals surface area contributed by atoms with Crippen LogP contribution in [0.2, 0.25) is 10.0 Å². The Morgan fingerprint density at radius 1 is 1.28 bits per heavy atom. The number of allylic oxidation sites excluding steroid dienone is 1. The van der Waals surface area contributed by atoms with Gasteiger partial charge in [0.05, 0.1) is 5.57 Å². The fraction of sp³-hybridized carbons (Fsp3) is 0.286. The maximum atomic E-state index is 12.0. The van der Waals surface area contributed by atoms with Gasteiger partial charge in [-0.15, -0.1) is 0 Å². The third kappa shape index (κ3) is 3.35. The van der Waals surface area contributed by atoms with Crippen molar-refractivity contribution in [3.8, 4) is 6.07 Å². The van der Waals surface area contributed by atoms with E-state index >= 15 is 0 Å². The van der Waals surface area contributed by atoms with Crippen molar-refractivity contribution in [2.45, 2.75) is 20.8 Å². The van der Waals surface area contributed by atoms with Gasteiger partial charge >= 0.3 is 0 Å². The lowest BCUT2D eigenvalue weighted by Crippen LogP contribution is -2.21. The van der Waals surface area contributed by atoms with Crippen molar-refractivity contribution in [2.75, 3.05) is 0 Å². The van der Waals surface area contributed by atoms with Crippen molar-refractivity contribution in [1.82, 2.24) is 0 Å². The fourth-order valence-electron chi connectivity index (χ4n) is 1.35. The zero-order valence-corrected chi connectivity index (χ0v) is 11.9. The van der Waals surface area contributed by atoms with Gasteiger partial charge in [-0.05, 0) is 18.2 Å². The summed E-state index contributed by atoms with van der Waals surface area (Å²) in [4.78, 5) is 12.0. The van der Waals surface area contributed by atoms with Crippen LogP contribution in [-0.4, -0.2) is 5.78 Å². The minimum absolute atomic E-state index is 0.0532. The number of halogens is 2. The van der Waals surface area contributed by atoms with E-state index in [4.69, 9.17) is 28.5 Å². The van der Waals surface area contributed by atoms with E-state index in [-0.39, 0.29) is 11.4 Å². The first kappa shape index (κ1) is 14.8. The molecule has 1 aromatic rings. The lowest BCUT2D eigenvalue weighted by atomic mass is 9.86. The second-order valence-electron chi connectivity index (χ2n) is 4.88. The lowest BCUT2D eigenvalue weighted by molar-refractivity contribution is -0.121. The van der Waals surface area contributed by atoms with E-state index in [1.807, 2.05) is 6.07 Å². The summed E-state index contributed by atoms with van der Waals surface area (Å²) in [5, 5.41) is 9.91. The molecule has 0 amide bonds. The van der Waals surface area contributed by atoms with Crippen molar-refractivity contribution in [2.24, 2.45) is 5.41 Å². The molecule has 4 heteroatoms. The molecule has 0 aliphatic heterocycles. The van der Waals surface area contributed by atoms with Gasteiger partial charge in [0.2, 0.25) is 0 Å². The number of ketones is 1. The van der Waals surface area contributed by atoms with Gasteiger partial charge in [-0.1, -0.05) is 50.0 Å². The van der Waals surface area contributed by atoms with E-state index in [0.717, 1.165) is 0 Å². The minimum Gasteiger partial charge on any atom is -0.293 e. The van der Waals surface area contributed by atoms with Gasteiger partial charge < -0.3 is 0 Å². The van der Waals surface area contributed by atoms with Gasteiger partial charge in [0, 0.05) is 21.0 Å². The van der Waals surface area contributed by atoms with Crippen molar-refractivity contribution in [3.63, 3.8) is 0 Å². The molecule has 0 bridgehead atoms.